The van der Waals surface area contributed by atoms with E-state index < -0.39 is 5.97 Å². The molecule has 0 heterocycles. The van der Waals surface area contributed by atoms with Crippen LogP contribution >= 0.6 is 0 Å². The second-order valence-corrected chi connectivity index (χ2v) is 3.53. The van der Waals surface area contributed by atoms with E-state index in [0.717, 1.165) is 0 Å². The Hall–Kier alpha value is -2.08. The standard InChI is InChI=1S/C11H14N2O4/c1-7(6-10(14)13-12)17-9-4-2-8(3-5-9)11(15)16/h2-5,7H,6,12H2,1H3,(H,13,14)(H,15,16). The number of amides is 1. The van der Waals surface area contributed by atoms with Gasteiger partial charge in [0.05, 0.1) is 12.0 Å². The van der Waals surface area contributed by atoms with Crippen LogP contribution in [0, 0.1) is 0 Å². The van der Waals surface area contributed by atoms with Crippen molar-refractivity contribution in [1.29, 1.82) is 0 Å². The fourth-order valence-corrected chi connectivity index (χ4v) is 1.27. The lowest BCUT2D eigenvalue weighted by Crippen LogP contribution is -2.33. The molecule has 1 aromatic carbocycles. The molecule has 0 aliphatic rings. The van der Waals surface area contributed by atoms with Crippen LogP contribution in [0.25, 0.3) is 0 Å². The second kappa shape index (κ2) is 5.86. The third-order valence-corrected chi connectivity index (χ3v) is 2.07. The lowest BCUT2D eigenvalue weighted by atomic mass is 10.2. The van der Waals surface area contributed by atoms with Crippen molar-refractivity contribution < 1.29 is 19.4 Å². The van der Waals surface area contributed by atoms with Crippen molar-refractivity contribution >= 4 is 11.9 Å². The molecule has 4 N–H and O–H groups in total. The predicted octanol–water partition coefficient (Wildman–Crippen LogP) is 0.532. The van der Waals surface area contributed by atoms with Crippen LogP contribution in [0.15, 0.2) is 24.3 Å². The monoisotopic (exact) mass is 238 g/mol. The van der Waals surface area contributed by atoms with E-state index in [9.17, 15) is 9.59 Å². The van der Waals surface area contributed by atoms with Gasteiger partial charge in [0.15, 0.2) is 0 Å². The number of ether oxygens (including phenoxy) is 1. The predicted molar refractivity (Wildman–Crippen MR) is 60.4 cm³/mol. The van der Waals surface area contributed by atoms with Gasteiger partial charge in [-0.25, -0.2) is 10.6 Å². The molecule has 6 heteroatoms. The number of hydrogen-bond donors (Lipinski definition) is 3. The molecule has 1 rings (SSSR count). The number of nitrogens with one attached hydrogen (secondary N) is 1. The van der Waals surface area contributed by atoms with Crippen molar-refractivity contribution in [3.8, 4) is 5.75 Å². The number of carbonyl (C=O) groups is 2. The van der Waals surface area contributed by atoms with Gasteiger partial charge in [0.1, 0.15) is 11.9 Å². The van der Waals surface area contributed by atoms with Crippen LogP contribution in [-0.4, -0.2) is 23.1 Å². The van der Waals surface area contributed by atoms with Crippen LogP contribution < -0.4 is 16.0 Å². The van der Waals surface area contributed by atoms with Gasteiger partial charge in [0, 0.05) is 0 Å². The number of hydrazine groups is 1. The Balaban J connectivity index is 2.57. The first kappa shape index (κ1) is 13.0. The van der Waals surface area contributed by atoms with E-state index in [0.29, 0.717) is 5.75 Å². The summed E-state index contributed by atoms with van der Waals surface area (Å²) in [7, 11) is 0. The molecule has 1 amide bonds. The molecule has 0 fully saturated rings. The minimum absolute atomic E-state index is 0.136. The molecule has 1 atom stereocenters. The van der Waals surface area contributed by atoms with Crippen LogP contribution in [0.4, 0.5) is 0 Å². The maximum atomic E-state index is 11.0. The van der Waals surface area contributed by atoms with E-state index in [-0.39, 0.29) is 24.0 Å². The molecule has 1 unspecified atom stereocenters. The number of carbonyl (C=O) groups excluding carboxylic acids is 1. The Bertz CT molecular complexity index is 402. The summed E-state index contributed by atoms with van der Waals surface area (Å²) in [5, 5.41) is 8.70. The minimum Gasteiger partial charge on any atom is -0.490 e. The zero-order valence-electron chi connectivity index (χ0n) is 9.34. The van der Waals surface area contributed by atoms with Crippen LogP contribution in [0.3, 0.4) is 0 Å². The molecular weight excluding hydrogens is 224 g/mol. The van der Waals surface area contributed by atoms with Crippen LogP contribution in [0.1, 0.15) is 23.7 Å². The molecule has 0 spiro atoms. The average Bonchev–Trinajstić information content (AvgIpc) is 2.29. The van der Waals surface area contributed by atoms with Crippen molar-refractivity contribution in [3.63, 3.8) is 0 Å². The highest BCUT2D eigenvalue weighted by Gasteiger charge is 2.10. The zero-order valence-corrected chi connectivity index (χ0v) is 9.34. The van der Waals surface area contributed by atoms with Crippen molar-refractivity contribution in [2.24, 2.45) is 5.84 Å². The molecule has 0 saturated heterocycles. The van der Waals surface area contributed by atoms with Gasteiger partial charge in [-0.3, -0.25) is 10.2 Å². The third-order valence-electron chi connectivity index (χ3n) is 2.07. The summed E-state index contributed by atoms with van der Waals surface area (Å²) in [5.41, 5.74) is 2.19. The van der Waals surface area contributed by atoms with Gasteiger partial charge in [0.2, 0.25) is 5.91 Å². The fraction of sp³-hybridized carbons (Fsp3) is 0.273. The smallest absolute Gasteiger partial charge is 0.335 e. The third kappa shape index (κ3) is 4.12. The Morgan fingerprint density at radius 3 is 2.47 bits per heavy atom. The first-order chi connectivity index (χ1) is 8.02. The average molecular weight is 238 g/mol. The van der Waals surface area contributed by atoms with Crippen molar-refractivity contribution in [3.05, 3.63) is 29.8 Å². The number of carboxylic acid groups (broad SMARTS) is 1. The zero-order chi connectivity index (χ0) is 12.8. The van der Waals surface area contributed by atoms with E-state index in [1.165, 1.54) is 12.1 Å². The van der Waals surface area contributed by atoms with Crippen LogP contribution in [-0.2, 0) is 4.79 Å². The van der Waals surface area contributed by atoms with Gasteiger partial charge in [0.25, 0.3) is 0 Å². The van der Waals surface area contributed by atoms with E-state index in [1.807, 2.05) is 5.43 Å². The minimum atomic E-state index is -0.993. The molecule has 0 bridgehead atoms. The Morgan fingerprint density at radius 1 is 1.41 bits per heavy atom. The van der Waals surface area contributed by atoms with Gasteiger partial charge in [-0.1, -0.05) is 0 Å². The number of carboxylic acids is 1. The summed E-state index contributed by atoms with van der Waals surface area (Å²) in [6, 6.07) is 5.96. The van der Waals surface area contributed by atoms with Gasteiger partial charge in [-0.2, -0.15) is 0 Å². The van der Waals surface area contributed by atoms with Gasteiger partial charge in [-0.05, 0) is 31.2 Å². The van der Waals surface area contributed by atoms with E-state index in [1.54, 1.807) is 19.1 Å². The second-order valence-electron chi connectivity index (χ2n) is 3.53. The summed E-state index contributed by atoms with van der Waals surface area (Å²) >= 11 is 0. The van der Waals surface area contributed by atoms with Gasteiger partial charge in [-0.15, -0.1) is 0 Å². The normalized spacial score (nSPS) is 11.6. The van der Waals surface area contributed by atoms with E-state index in [2.05, 4.69) is 0 Å². The lowest BCUT2D eigenvalue weighted by molar-refractivity contribution is -0.122. The number of benzene rings is 1. The maximum absolute atomic E-state index is 11.0. The molecule has 0 aliphatic heterocycles. The highest BCUT2D eigenvalue weighted by molar-refractivity contribution is 5.87. The molecule has 0 saturated carbocycles. The number of rotatable bonds is 5. The van der Waals surface area contributed by atoms with Crippen molar-refractivity contribution in [2.75, 3.05) is 0 Å². The van der Waals surface area contributed by atoms with Crippen LogP contribution in [0.5, 0.6) is 5.75 Å². The first-order valence-corrected chi connectivity index (χ1v) is 5.02. The fourth-order valence-electron chi connectivity index (χ4n) is 1.27. The SMILES string of the molecule is CC(CC(=O)NN)Oc1ccc(C(=O)O)cc1. The Kier molecular flexibility index (Phi) is 4.47. The summed E-state index contributed by atoms with van der Waals surface area (Å²) in [6.45, 7) is 1.72. The van der Waals surface area contributed by atoms with Crippen molar-refractivity contribution in [1.82, 2.24) is 5.43 Å². The number of nitrogens with two attached hydrogens (primary N) is 1. The summed E-state index contributed by atoms with van der Waals surface area (Å²) < 4.78 is 5.41. The number of aromatic carboxylic acids is 1. The molecule has 92 valence electrons. The quantitative estimate of drug-likeness (QED) is 0.394. The van der Waals surface area contributed by atoms with Crippen molar-refractivity contribution in [2.45, 2.75) is 19.4 Å². The van der Waals surface area contributed by atoms with E-state index >= 15 is 0 Å². The highest BCUT2D eigenvalue weighted by Crippen LogP contribution is 2.14. The lowest BCUT2D eigenvalue weighted by Gasteiger charge is -2.13. The molecule has 0 aliphatic carbocycles. The maximum Gasteiger partial charge on any atom is 0.335 e. The highest BCUT2D eigenvalue weighted by atomic mass is 16.5. The molecule has 6 nitrogen and oxygen atoms in total. The summed E-state index contributed by atoms with van der Waals surface area (Å²) in [5.74, 6) is 4.14. The molecule has 17 heavy (non-hydrogen) atoms. The molecule has 0 radical (unpaired) electrons. The summed E-state index contributed by atoms with van der Waals surface area (Å²) in [4.78, 5) is 21.6. The van der Waals surface area contributed by atoms with E-state index in [4.69, 9.17) is 15.7 Å². The molecular formula is C11H14N2O4. The van der Waals surface area contributed by atoms with Gasteiger partial charge >= 0.3 is 5.97 Å². The first-order valence-electron chi connectivity index (χ1n) is 5.02. The molecule has 0 aromatic heterocycles. The Morgan fingerprint density at radius 2 is 2.00 bits per heavy atom. The topological polar surface area (TPSA) is 102 Å². The Labute approximate surface area is 98.3 Å². The van der Waals surface area contributed by atoms with Crippen LogP contribution in [0.2, 0.25) is 0 Å². The largest absolute Gasteiger partial charge is 0.490 e. The van der Waals surface area contributed by atoms with Gasteiger partial charge < -0.3 is 9.84 Å². The molecule has 1 aromatic rings. The summed E-state index contributed by atoms with van der Waals surface area (Å²) in [6.07, 6.45) is -0.203. The number of hydrogen-bond acceptors (Lipinski definition) is 4.